The van der Waals surface area contributed by atoms with Crippen LogP contribution in [0.5, 0.6) is 0 Å². The van der Waals surface area contributed by atoms with E-state index in [2.05, 4.69) is 204 Å². The Kier molecular flexibility index (Phi) is 7.47. The van der Waals surface area contributed by atoms with Gasteiger partial charge in [0, 0.05) is 51.0 Å². The summed E-state index contributed by atoms with van der Waals surface area (Å²) in [6.07, 6.45) is 0. The van der Waals surface area contributed by atoms with Gasteiger partial charge in [-0.3, -0.25) is 0 Å². The van der Waals surface area contributed by atoms with E-state index in [0.717, 1.165) is 56.1 Å². The minimum Gasteiger partial charge on any atom is -0.456 e. The molecule has 0 amide bonds. The lowest BCUT2D eigenvalue weighted by Gasteiger charge is -2.29. The summed E-state index contributed by atoms with van der Waals surface area (Å²) in [6, 6.07) is 73.4. The molecule has 250 valence electrons. The maximum Gasteiger partial charge on any atom is 0.137 e. The van der Waals surface area contributed by atoms with Gasteiger partial charge in [-0.2, -0.15) is 0 Å². The van der Waals surface area contributed by atoms with Crippen LogP contribution in [0.25, 0.3) is 54.6 Å². The first kappa shape index (κ1) is 30.7. The normalized spacial score (nSPS) is 11.4. The molecule has 0 N–H and O–H groups in total. The van der Waals surface area contributed by atoms with Crippen molar-refractivity contribution in [3.63, 3.8) is 0 Å². The van der Waals surface area contributed by atoms with Crippen molar-refractivity contribution in [2.24, 2.45) is 0 Å². The molecule has 0 bridgehead atoms. The molecule has 3 heteroatoms. The molecule has 10 aromatic rings. The molecule has 0 unspecified atom stereocenters. The van der Waals surface area contributed by atoms with Gasteiger partial charge in [-0.1, -0.05) is 121 Å². The number of nitrogens with zero attached hydrogens (tertiary/aromatic N) is 2. The van der Waals surface area contributed by atoms with E-state index in [-0.39, 0.29) is 0 Å². The van der Waals surface area contributed by atoms with Gasteiger partial charge in [-0.25, -0.2) is 0 Å². The predicted octanol–water partition coefficient (Wildman–Crippen LogP) is 14.5. The summed E-state index contributed by atoms with van der Waals surface area (Å²) in [7, 11) is 0. The average molecular weight is 679 g/mol. The van der Waals surface area contributed by atoms with E-state index in [1.807, 2.05) is 12.1 Å². The maximum atomic E-state index is 6.35. The first-order valence-electron chi connectivity index (χ1n) is 18.0. The number of hydrogen-bond donors (Lipinski definition) is 0. The summed E-state index contributed by atoms with van der Waals surface area (Å²) in [5.74, 6) is 0. The number of fused-ring (bicyclic) bond motifs is 5. The molecule has 1 aromatic heterocycles. The molecule has 0 aliphatic carbocycles. The monoisotopic (exact) mass is 678 g/mol. The molecular formula is C50H34N2O. The molecule has 0 aliphatic rings. The van der Waals surface area contributed by atoms with E-state index in [1.54, 1.807) is 0 Å². The van der Waals surface area contributed by atoms with Crippen molar-refractivity contribution in [3.05, 3.63) is 206 Å². The second kappa shape index (κ2) is 12.9. The molecule has 0 fully saturated rings. The Hall–Kier alpha value is -7.10. The molecule has 0 aliphatic heterocycles. The van der Waals surface area contributed by atoms with Crippen LogP contribution in [0.15, 0.2) is 211 Å². The smallest absolute Gasteiger partial charge is 0.137 e. The van der Waals surface area contributed by atoms with Crippen molar-refractivity contribution in [1.29, 1.82) is 0 Å². The lowest BCUT2D eigenvalue weighted by molar-refractivity contribution is 0.669. The van der Waals surface area contributed by atoms with E-state index in [1.165, 1.54) is 32.7 Å². The highest BCUT2D eigenvalue weighted by atomic mass is 16.3. The van der Waals surface area contributed by atoms with Gasteiger partial charge in [-0.05, 0) is 112 Å². The highest BCUT2D eigenvalue weighted by Gasteiger charge is 2.19. The Bertz CT molecular complexity index is 2910. The third-order valence-electron chi connectivity index (χ3n) is 10.2. The lowest BCUT2D eigenvalue weighted by atomic mass is 9.96. The van der Waals surface area contributed by atoms with Crippen LogP contribution in [0.4, 0.5) is 34.1 Å². The molecule has 9 aromatic carbocycles. The molecule has 0 saturated heterocycles. The number of benzene rings is 9. The number of anilines is 6. The summed E-state index contributed by atoms with van der Waals surface area (Å²) in [4.78, 5) is 4.65. The van der Waals surface area contributed by atoms with E-state index in [9.17, 15) is 0 Å². The number of rotatable bonds is 7. The van der Waals surface area contributed by atoms with Crippen molar-refractivity contribution in [3.8, 4) is 11.1 Å². The zero-order valence-electron chi connectivity index (χ0n) is 28.9. The van der Waals surface area contributed by atoms with Gasteiger partial charge in [0.1, 0.15) is 11.2 Å². The minimum atomic E-state index is 0.867. The number of hydrogen-bond acceptors (Lipinski definition) is 3. The van der Waals surface area contributed by atoms with Gasteiger partial charge in [-0.15, -0.1) is 0 Å². The Morgan fingerprint density at radius 1 is 0.283 bits per heavy atom. The van der Waals surface area contributed by atoms with Crippen LogP contribution >= 0.6 is 0 Å². The Balaban J connectivity index is 1.10. The molecule has 0 radical (unpaired) electrons. The summed E-state index contributed by atoms with van der Waals surface area (Å²) in [5.41, 5.74) is 10.6. The number of para-hydroxylation sites is 3. The lowest BCUT2D eigenvalue weighted by Crippen LogP contribution is -2.13. The number of furan rings is 1. The van der Waals surface area contributed by atoms with Crippen LogP contribution in [0.3, 0.4) is 0 Å². The van der Waals surface area contributed by atoms with Gasteiger partial charge in [0.2, 0.25) is 0 Å². The highest BCUT2D eigenvalue weighted by molar-refractivity contribution is 6.06. The Labute approximate surface area is 308 Å². The Morgan fingerprint density at radius 2 is 0.830 bits per heavy atom. The van der Waals surface area contributed by atoms with Gasteiger partial charge in [0.15, 0.2) is 0 Å². The van der Waals surface area contributed by atoms with Crippen LogP contribution in [-0.2, 0) is 0 Å². The standard InChI is InChI=1S/C50H34N2O/c1-3-16-39(17-4-1)51(43-27-29-46-37(32-43)15-11-23-45(46)38-26-25-35-13-7-8-14-36(35)31-38)41-20-12-21-42(33-41)52(40-18-5-2-6-19-40)44-28-30-48-47-22-9-10-24-49(47)53-50(48)34-44/h1-34H. The van der Waals surface area contributed by atoms with Crippen molar-refractivity contribution < 1.29 is 4.42 Å². The topological polar surface area (TPSA) is 19.6 Å². The van der Waals surface area contributed by atoms with Crippen LogP contribution in [-0.4, -0.2) is 0 Å². The second-order valence-corrected chi connectivity index (χ2v) is 13.4. The molecule has 3 nitrogen and oxygen atoms in total. The fourth-order valence-electron chi connectivity index (χ4n) is 7.69. The van der Waals surface area contributed by atoms with Crippen molar-refractivity contribution in [1.82, 2.24) is 0 Å². The summed E-state index contributed by atoms with van der Waals surface area (Å²) in [6.45, 7) is 0. The molecular weight excluding hydrogens is 645 g/mol. The second-order valence-electron chi connectivity index (χ2n) is 13.4. The molecule has 0 spiro atoms. The summed E-state index contributed by atoms with van der Waals surface area (Å²) in [5, 5.41) is 7.15. The molecule has 10 rings (SSSR count). The largest absolute Gasteiger partial charge is 0.456 e. The van der Waals surface area contributed by atoms with E-state index >= 15 is 0 Å². The average Bonchev–Trinajstić information content (AvgIpc) is 3.60. The molecule has 1 heterocycles. The first-order valence-corrected chi connectivity index (χ1v) is 18.0. The van der Waals surface area contributed by atoms with Crippen LogP contribution in [0, 0.1) is 0 Å². The summed E-state index contributed by atoms with van der Waals surface area (Å²) < 4.78 is 6.35. The maximum absolute atomic E-state index is 6.35. The zero-order chi connectivity index (χ0) is 35.1. The SMILES string of the molecule is c1ccc(N(c2cccc(N(c3ccccc3)c3ccc4c(c3)oc3ccccc34)c2)c2ccc3c(-c4ccc5ccccc5c4)cccc3c2)cc1. The van der Waals surface area contributed by atoms with Gasteiger partial charge >= 0.3 is 0 Å². The molecule has 0 saturated carbocycles. The van der Waals surface area contributed by atoms with Gasteiger partial charge < -0.3 is 14.2 Å². The summed E-state index contributed by atoms with van der Waals surface area (Å²) >= 11 is 0. The third-order valence-corrected chi connectivity index (χ3v) is 10.2. The first-order chi connectivity index (χ1) is 26.3. The van der Waals surface area contributed by atoms with Crippen molar-refractivity contribution >= 4 is 77.6 Å². The quantitative estimate of drug-likeness (QED) is 0.167. The molecule has 0 atom stereocenters. The zero-order valence-corrected chi connectivity index (χ0v) is 28.9. The van der Waals surface area contributed by atoms with E-state index in [4.69, 9.17) is 4.42 Å². The Morgan fingerprint density at radius 3 is 1.58 bits per heavy atom. The predicted molar refractivity (Wildman–Crippen MR) is 224 cm³/mol. The third kappa shape index (κ3) is 5.56. The molecule has 53 heavy (non-hydrogen) atoms. The fraction of sp³-hybridized carbons (Fsp3) is 0. The van der Waals surface area contributed by atoms with Crippen LogP contribution < -0.4 is 9.80 Å². The van der Waals surface area contributed by atoms with E-state index < -0.39 is 0 Å². The van der Waals surface area contributed by atoms with Gasteiger partial charge in [0.25, 0.3) is 0 Å². The minimum absolute atomic E-state index is 0.867. The highest BCUT2D eigenvalue weighted by Crippen LogP contribution is 2.43. The van der Waals surface area contributed by atoms with Crippen LogP contribution in [0.1, 0.15) is 0 Å². The van der Waals surface area contributed by atoms with Crippen molar-refractivity contribution in [2.75, 3.05) is 9.80 Å². The van der Waals surface area contributed by atoms with Crippen LogP contribution in [0.2, 0.25) is 0 Å². The van der Waals surface area contributed by atoms with Gasteiger partial charge in [0.05, 0.1) is 0 Å². The van der Waals surface area contributed by atoms with E-state index in [0.29, 0.717) is 0 Å². The fourth-order valence-corrected chi connectivity index (χ4v) is 7.69. The van der Waals surface area contributed by atoms with Crippen molar-refractivity contribution in [2.45, 2.75) is 0 Å².